The Morgan fingerprint density at radius 3 is 1.38 bits per heavy atom. The molecule has 4 aliphatic rings. The van der Waals surface area contributed by atoms with E-state index < -0.39 is 66.5 Å². The maximum Gasteiger partial charge on any atom is 0.252 e. The molecule has 0 fully saturated rings. The average molecular weight is 1390 g/mol. The molecular formula is C103H82BN3. The van der Waals surface area contributed by atoms with Crippen LogP contribution in [-0.2, 0) is 21.7 Å². The molecule has 4 heteroatoms. The van der Waals surface area contributed by atoms with Crippen LogP contribution < -0.4 is 26.2 Å². The molecule has 1 aromatic heterocycles. The highest BCUT2D eigenvalue weighted by Gasteiger charge is 2.53. The Bertz CT molecular complexity index is 6930. The fraction of sp³-hybridized carbons (Fsp3) is 0.126. The van der Waals surface area contributed by atoms with Crippen LogP contribution in [0.5, 0.6) is 0 Å². The van der Waals surface area contributed by atoms with Crippen molar-refractivity contribution in [2.45, 2.75) is 84.0 Å². The lowest BCUT2D eigenvalue weighted by atomic mass is 9.33. The first kappa shape index (κ1) is 51.8. The topological polar surface area (TPSA) is 11.4 Å². The molecule has 0 saturated heterocycles. The molecule has 15 aromatic carbocycles. The summed E-state index contributed by atoms with van der Waals surface area (Å²) in [7, 11) is 0. The van der Waals surface area contributed by atoms with Gasteiger partial charge in [-0.3, -0.25) is 0 Å². The van der Waals surface area contributed by atoms with Crippen molar-refractivity contribution in [1.29, 1.82) is 0 Å². The first-order chi connectivity index (χ1) is 57.4. The van der Waals surface area contributed by atoms with Crippen LogP contribution in [0, 0.1) is 0 Å². The molecule has 107 heavy (non-hydrogen) atoms. The minimum absolute atomic E-state index is 0.0244. The Labute approximate surface area is 647 Å². The third kappa shape index (κ3) is 9.81. The lowest BCUT2D eigenvalue weighted by Gasteiger charge is -2.46. The quantitative estimate of drug-likeness (QED) is 0.141. The smallest absolute Gasteiger partial charge is 0.252 e. The summed E-state index contributed by atoms with van der Waals surface area (Å²) < 4.78 is 127. The van der Waals surface area contributed by atoms with E-state index in [1.54, 1.807) is 0 Å². The maximum absolute atomic E-state index is 10.2. The second-order valence-corrected chi connectivity index (χ2v) is 32.2. The van der Waals surface area contributed by atoms with E-state index in [1.807, 2.05) is 72.8 Å². The molecule has 16 aromatic rings. The second-order valence-electron chi connectivity index (χ2n) is 32.2. The Balaban J connectivity index is 0.983. The number of nitrogens with zero attached hydrogens (tertiary/aromatic N) is 3. The first-order valence-electron chi connectivity index (χ1n) is 43.5. The molecule has 0 N–H and O–H groups in total. The molecule has 3 nitrogen and oxygen atoms in total. The molecule has 3 heterocycles. The SMILES string of the molecule is [2H]c1c([2H])c([2H])c(-c2ccc3c(c2)N(c2ccc(C(C)(C)C)cc2-c2ccccc2)c2cc(-n4c5ccc(C(C)(C)C)cc5c5cc(C(C)(C)C)ccc54)cc4c2B3c2cc(-c3cccc5c3C3(c6ccccc6-5)c5c([2H])c([2H])c([2H])c([2H])c5-c5c([2H])c([2H])c([2H])c([2H])c53)ccc2N4c2c(-c3ccccc3)cccc2-c2ccccc2)c([2H])c1[2H]. The Kier molecular flexibility index (Phi) is 11.6. The number of aromatic nitrogens is 1. The van der Waals surface area contributed by atoms with Gasteiger partial charge in [0.25, 0.3) is 6.71 Å². The fourth-order valence-corrected chi connectivity index (χ4v) is 17.9. The van der Waals surface area contributed by atoms with Gasteiger partial charge in [0.2, 0.25) is 0 Å². The highest BCUT2D eigenvalue weighted by atomic mass is 15.2. The van der Waals surface area contributed by atoms with Crippen molar-refractivity contribution < 1.29 is 17.8 Å². The van der Waals surface area contributed by atoms with Crippen LogP contribution in [0.4, 0.5) is 34.1 Å². The highest BCUT2D eigenvalue weighted by molar-refractivity contribution is 7.00. The van der Waals surface area contributed by atoms with Gasteiger partial charge in [-0.25, -0.2) is 0 Å². The summed E-state index contributed by atoms with van der Waals surface area (Å²) >= 11 is 0. The van der Waals surface area contributed by atoms with Gasteiger partial charge in [-0.05, 0) is 193 Å². The lowest BCUT2D eigenvalue weighted by Crippen LogP contribution is -2.61. The van der Waals surface area contributed by atoms with E-state index in [4.69, 9.17) is 1.37 Å². The molecule has 0 unspecified atom stereocenters. The Morgan fingerprint density at radius 2 is 0.785 bits per heavy atom. The van der Waals surface area contributed by atoms with Gasteiger partial charge in [0.05, 0.1) is 51.3 Å². The van der Waals surface area contributed by atoms with Gasteiger partial charge in [0.1, 0.15) is 0 Å². The van der Waals surface area contributed by atoms with Gasteiger partial charge in [-0.1, -0.05) is 335 Å². The van der Waals surface area contributed by atoms with E-state index in [9.17, 15) is 16.4 Å². The van der Waals surface area contributed by atoms with Crippen LogP contribution in [0.2, 0.25) is 0 Å². The molecule has 2 aliphatic carbocycles. The zero-order valence-corrected chi connectivity index (χ0v) is 61.2. The monoisotopic (exact) mass is 1380 g/mol. The number of hydrogen-bond donors (Lipinski definition) is 0. The predicted octanol–water partition coefficient (Wildman–Crippen LogP) is 25.4. The fourth-order valence-electron chi connectivity index (χ4n) is 17.9. The highest BCUT2D eigenvalue weighted by Crippen LogP contribution is 2.65. The lowest BCUT2D eigenvalue weighted by molar-refractivity contribution is 0.590. The summed E-state index contributed by atoms with van der Waals surface area (Å²) in [6, 6.07) is 84.0. The number of hydrogen-bond acceptors (Lipinski definition) is 2. The molecule has 0 radical (unpaired) electrons. The average Bonchev–Trinajstić information content (AvgIpc) is 1.49. The maximum atomic E-state index is 10.2. The van der Waals surface area contributed by atoms with Gasteiger partial charge >= 0.3 is 0 Å². The molecule has 0 atom stereocenters. The van der Waals surface area contributed by atoms with Crippen LogP contribution in [0.15, 0.2) is 333 Å². The summed E-state index contributed by atoms with van der Waals surface area (Å²) in [5.41, 5.74) is 21.8. The van der Waals surface area contributed by atoms with E-state index in [-0.39, 0.29) is 68.2 Å². The molecule has 512 valence electrons. The van der Waals surface area contributed by atoms with Crippen molar-refractivity contribution in [3.8, 4) is 83.6 Å². The van der Waals surface area contributed by atoms with E-state index in [0.717, 1.165) is 122 Å². The van der Waals surface area contributed by atoms with Gasteiger partial charge in [-0.2, -0.15) is 0 Å². The van der Waals surface area contributed by atoms with Crippen LogP contribution in [-0.4, -0.2) is 11.3 Å². The van der Waals surface area contributed by atoms with Gasteiger partial charge in [0.15, 0.2) is 0 Å². The van der Waals surface area contributed by atoms with Crippen molar-refractivity contribution in [2.75, 3.05) is 9.80 Å². The third-order valence-electron chi connectivity index (χ3n) is 23.0. The molecule has 1 spiro atoms. The number of fused-ring (bicyclic) bond motifs is 17. The third-order valence-corrected chi connectivity index (χ3v) is 23.0. The van der Waals surface area contributed by atoms with Crippen molar-refractivity contribution in [3.05, 3.63) is 372 Å². The molecular weight excluding hydrogens is 1290 g/mol. The number of rotatable bonds is 8. The van der Waals surface area contributed by atoms with Crippen LogP contribution in [0.25, 0.3) is 105 Å². The molecule has 0 amide bonds. The van der Waals surface area contributed by atoms with Crippen LogP contribution in [0.1, 0.15) is 119 Å². The van der Waals surface area contributed by atoms with E-state index in [0.29, 0.717) is 33.5 Å². The molecule has 0 saturated carbocycles. The minimum atomic E-state index is -1.75. The van der Waals surface area contributed by atoms with Gasteiger partial charge in [-0.15, -0.1) is 0 Å². The number of anilines is 6. The van der Waals surface area contributed by atoms with Gasteiger partial charge in [0, 0.05) is 50.2 Å². The van der Waals surface area contributed by atoms with Crippen molar-refractivity contribution >= 4 is 79.0 Å². The number of para-hydroxylation sites is 1. The van der Waals surface area contributed by atoms with Crippen LogP contribution >= 0.6 is 0 Å². The van der Waals surface area contributed by atoms with Crippen molar-refractivity contribution in [3.63, 3.8) is 0 Å². The minimum Gasteiger partial charge on any atom is -0.311 e. The Hall–Kier alpha value is -12.2. The summed E-state index contributed by atoms with van der Waals surface area (Å²) in [4.78, 5) is 4.84. The zero-order chi connectivity index (χ0) is 83.7. The normalized spacial score (nSPS) is 15.4. The first-order valence-corrected chi connectivity index (χ1v) is 37.0. The largest absolute Gasteiger partial charge is 0.311 e. The van der Waals surface area contributed by atoms with E-state index in [1.165, 1.54) is 11.1 Å². The van der Waals surface area contributed by atoms with Crippen LogP contribution in [0.3, 0.4) is 0 Å². The second kappa shape index (κ2) is 23.9. The van der Waals surface area contributed by atoms with Crippen molar-refractivity contribution in [2.24, 2.45) is 0 Å². The molecule has 20 rings (SSSR count). The van der Waals surface area contributed by atoms with E-state index >= 15 is 0 Å². The van der Waals surface area contributed by atoms with E-state index in [2.05, 4.69) is 259 Å². The summed E-state index contributed by atoms with van der Waals surface area (Å²) in [6.45, 7) is 19.5. The zero-order valence-electron chi connectivity index (χ0n) is 74.2. The van der Waals surface area contributed by atoms with Crippen molar-refractivity contribution in [1.82, 2.24) is 4.57 Å². The van der Waals surface area contributed by atoms with Gasteiger partial charge < -0.3 is 14.4 Å². The standard InChI is InChI=1S/C103H82BN3/c1-100(2,3)71-50-55-90(82(60-71)68-36-20-13-21-37-68)106-94-59-69(65-30-14-10-15-31-65)48-53-88(94)104-89-58-70(75-41-28-44-81-80-40-24-27-47-87(80)103(97(75)81)85-45-25-22-38-78(85)79-39-23-26-46-86(79)103)49-54-93(89)107(99-76(66-32-16-11-17-33-66)42-29-43-77(99)67-34-18-12-19-35-67)96-64-74(63-95(106)98(96)104)105-91-56-51-72(101(4,5)6)61-83(91)84-62-73(102(7,8)9)52-57-92(84)105/h10-64H,1-9H3/i10D,14D,15D,22D,23D,25D,26D,30D,31D,38D,39D,45D,46D. The predicted molar refractivity (Wildman–Crippen MR) is 454 cm³/mol. The molecule has 0 bridgehead atoms. The Morgan fingerprint density at radius 1 is 0.299 bits per heavy atom. The number of benzene rings is 15. The molecule has 2 aliphatic heterocycles. The summed E-state index contributed by atoms with van der Waals surface area (Å²) in [5.74, 6) is 0. The summed E-state index contributed by atoms with van der Waals surface area (Å²) in [6.07, 6.45) is 0. The summed E-state index contributed by atoms with van der Waals surface area (Å²) in [5, 5.41) is 2.20.